The zero-order valence-electron chi connectivity index (χ0n) is 13.2. The van der Waals surface area contributed by atoms with E-state index in [0.29, 0.717) is 5.88 Å². The molecule has 2 aromatic rings. The summed E-state index contributed by atoms with van der Waals surface area (Å²) in [6.45, 7) is 7.57. The van der Waals surface area contributed by atoms with Crippen LogP contribution in [-0.2, 0) is 0 Å². The number of hydrogen-bond acceptors (Lipinski definition) is 7. The Kier molecular flexibility index (Phi) is 4.04. The van der Waals surface area contributed by atoms with Crippen LogP contribution in [0.4, 0.5) is 11.8 Å². The average molecular weight is 300 g/mol. The van der Waals surface area contributed by atoms with Gasteiger partial charge in [0.2, 0.25) is 11.8 Å². The fourth-order valence-corrected chi connectivity index (χ4v) is 2.56. The quantitative estimate of drug-likeness (QED) is 0.844. The van der Waals surface area contributed by atoms with E-state index in [1.165, 1.54) is 0 Å². The van der Waals surface area contributed by atoms with Gasteiger partial charge in [0.1, 0.15) is 12.1 Å². The lowest BCUT2D eigenvalue weighted by Crippen LogP contribution is -2.47. The molecule has 116 valence electrons. The number of anilines is 2. The molecular weight excluding hydrogens is 280 g/mol. The Balaban J connectivity index is 1.71. The van der Waals surface area contributed by atoms with Gasteiger partial charge in [-0.05, 0) is 13.8 Å². The van der Waals surface area contributed by atoms with Crippen LogP contribution in [0.3, 0.4) is 0 Å². The Morgan fingerprint density at radius 3 is 2.45 bits per heavy atom. The minimum atomic E-state index is 0.592. The Bertz CT molecular complexity index is 654. The molecule has 0 unspecified atom stereocenters. The summed E-state index contributed by atoms with van der Waals surface area (Å²) in [5.74, 6) is 2.34. The van der Waals surface area contributed by atoms with E-state index < -0.39 is 0 Å². The summed E-state index contributed by atoms with van der Waals surface area (Å²) in [5, 5.41) is 0. The first-order valence-electron chi connectivity index (χ1n) is 7.34. The first-order valence-corrected chi connectivity index (χ1v) is 7.34. The van der Waals surface area contributed by atoms with E-state index in [1.54, 1.807) is 25.7 Å². The van der Waals surface area contributed by atoms with E-state index in [9.17, 15) is 0 Å². The predicted molar refractivity (Wildman–Crippen MR) is 84.5 cm³/mol. The highest BCUT2D eigenvalue weighted by Gasteiger charge is 2.21. The molecule has 0 saturated carbocycles. The highest BCUT2D eigenvalue weighted by atomic mass is 16.5. The van der Waals surface area contributed by atoms with Crippen LogP contribution in [-0.4, -0.2) is 53.2 Å². The van der Waals surface area contributed by atoms with Crippen LogP contribution >= 0.6 is 0 Å². The molecule has 0 aromatic carbocycles. The summed E-state index contributed by atoms with van der Waals surface area (Å²) in [7, 11) is 1.62. The zero-order chi connectivity index (χ0) is 15.5. The normalized spacial score (nSPS) is 15.0. The monoisotopic (exact) mass is 300 g/mol. The lowest BCUT2D eigenvalue weighted by atomic mass is 10.2. The lowest BCUT2D eigenvalue weighted by molar-refractivity contribution is 0.396. The van der Waals surface area contributed by atoms with Gasteiger partial charge in [-0.15, -0.1) is 0 Å². The molecule has 0 N–H and O–H groups in total. The van der Waals surface area contributed by atoms with Crippen LogP contribution in [0.1, 0.15) is 11.3 Å². The molecule has 0 spiro atoms. The van der Waals surface area contributed by atoms with E-state index in [1.807, 2.05) is 6.92 Å². The molecule has 1 aliphatic rings. The molecule has 3 rings (SSSR count). The maximum atomic E-state index is 5.16. The molecular formula is C15H20N6O. The summed E-state index contributed by atoms with van der Waals surface area (Å²) in [6.07, 6.45) is 3.36. The second-order valence-corrected chi connectivity index (χ2v) is 5.28. The van der Waals surface area contributed by atoms with Gasteiger partial charge in [0.05, 0.1) is 7.11 Å². The van der Waals surface area contributed by atoms with Crippen LogP contribution in [0.15, 0.2) is 18.6 Å². The predicted octanol–water partition coefficient (Wildman–Crippen LogP) is 1.22. The Morgan fingerprint density at radius 2 is 1.73 bits per heavy atom. The number of rotatable bonds is 3. The van der Waals surface area contributed by atoms with Gasteiger partial charge in [0.15, 0.2) is 0 Å². The minimum Gasteiger partial charge on any atom is -0.481 e. The summed E-state index contributed by atoms with van der Waals surface area (Å²) in [4.78, 5) is 21.9. The molecule has 1 fully saturated rings. The van der Waals surface area contributed by atoms with Crippen molar-refractivity contribution in [1.29, 1.82) is 0 Å². The summed E-state index contributed by atoms with van der Waals surface area (Å²) < 4.78 is 5.16. The van der Waals surface area contributed by atoms with Crippen molar-refractivity contribution >= 4 is 11.8 Å². The van der Waals surface area contributed by atoms with Crippen molar-refractivity contribution in [2.24, 2.45) is 0 Å². The fraction of sp³-hybridized carbons (Fsp3) is 0.467. The maximum absolute atomic E-state index is 5.16. The number of methoxy groups -OCH3 is 1. The van der Waals surface area contributed by atoms with Crippen LogP contribution in [0.2, 0.25) is 0 Å². The van der Waals surface area contributed by atoms with E-state index >= 15 is 0 Å². The van der Waals surface area contributed by atoms with E-state index in [-0.39, 0.29) is 0 Å². The van der Waals surface area contributed by atoms with Gasteiger partial charge in [-0.1, -0.05) is 0 Å². The van der Waals surface area contributed by atoms with Crippen LogP contribution < -0.4 is 14.5 Å². The zero-order valence-corrected chi connectivity index (χ0v) is 13.2. The highest BCUT2D eigenvalue weighted by molar-refractivity contribution is 5.49. The molecule has 7 heteroatoms. The van der Waals surface area contributed by atoms with Crippen molar-refractivity contribution in [3.05, 3.63) is 29.8 Å². The molecule has 1 aliphatic heterocycles. The summed E-state index contributed by atoms with van der Waals surface area (Å²) in [6, 6.07) is 1.76. The van der Waals surface area contributed by atoms with Gasteiger partial charge >= 0.3 is 0 Å². The Hall–Kier alpha value is -2.44. The van der Waals surface area contributed by atoms with E-state index in [4.69, 9.17) is 4.74 Å². The topological polar surface area (TPSA) is 67.3 Å². The van der Waals surface area contributed by atoms with Crippen LogP contribution in [0, 0.1) is 13.8 Å². The first-order chi connectivity index (χ1) is 10.7. The molecule has 1 saturated heterocycles. The van der Waals surface area contributed by atoms with Crippen molar-refractivity contribution < 1.29 is 4.74 Å². The third-order valence-electron chi connectivity index (χ3n) is 4.00. The fourth-order valence-electron chi connectivity index (χ4n) is 2.56. The molecule has 0 atom stereocenters. The number of aromatic nitrogens is 4. The van der Waals surface area contributed by atoms with Crippen molar-refractivity contribution in [1.82, 2.24) is 19.9 Å². The molecule has 0 bridgehead atoms. The first kappa shape index (κ1) is 14.5. The third-order valence-corrected chi connectivity index (χ3v) is 4.00. The number of aryl methyl sites for hydroxylation is 1. The van der Waals surface area contributed by atoms with Gasteiger partial charge in [-0.2, -0.15) is 4.98 Å². The number of ether oxygens (including phenoxy) is 1. The van der Waals surface area contributed by atoms with Crippen LogP contribution in [0.5, 0.6) is 5.88 Å². The van der Waals surface area contributed by atoms with Gasteiger partial charge in [-0.3, -0.25) is 0 Å². The lowest BCUT2D eigenvalue weighted by Gasteiger charge is -2.36. The van der Waals surface area contributed by atoms with Crippen molar-refractivity contribution in [3.8, 4) is 5.88 Å². The summed E-state index contributed by atoms with van der Waals surface area (Å²) in [5.41, 5.74) is 2.18. The largest absolute Gasteiger partial charge is 0.481 e. The SMILES string of the molecule is COc1ccnc(N2CCN(c3ncnc(C)c3C)CC2)n1. The number of hydrogen-bond donors (Lipinski definition) is 0. The molecule has 0 aliphatic carbocycles. The third kappa shape index (κ3) is 2.79. The Labute approximate surface area is 130 Å². The molecule has 3 heterocycles. The van der Waals surface area contributed by atoms with E-state index in [0.717, 1.165) is 49.2 Å². The van der Waals surface area contributed by atoms with Gasteiger partial charge in [0, 0.05) is 49.7 Å². The molecule has 22 heavy (non-hydrogen) atoms. The van der Waals surface area contributed by atoms with Crippen molar-refractivity contribution in [3.63, 3.8) is 0 Å². The van der Waals surface area contributed by atoms with Crippen LogP contribution in [0.25, 0.3) is 0 Å². The molecule has 7 nitrogen and oxygen atoms in total. The minimum absolute atomic E-state index is 0.592. The Morgan fingerprint density at radius 1 is 1.00 bits per heavy atom. The average Bonchev–Trinajstić information content (AvgIpc) is 2.58. The second-order valence-electron chi connectivity index (χ2n) is 5.28. The number of piperazine rings is 1. The number of nitrogens with zero attached hydrogens (tertiary/aromatic N) is 6. The van der Waals surface area contributed by atoms with Crippen molar-refractivity contribution in [2.45, 2.75) is 13.8 Å². The van der Waals surface area contributed by atoms with E-state index in [2.05, 4.69) is 36.7 Å². The highest BCUT2D eigenvalue weighted by Crippen LogP contribution is 2.21. The standard InChI is InChI=1S/C15H20N6O/c1-11-12(2)17-10-18-14(11)20-6-8-21(9-7-20)15-16-5-4-13(19-15)22-3/h4-5,10H,6-9H2,1-3H3. The summed E-state index contributed by atoms with van der Waals surface area (Å²) >= 11 is 0. The van der Waals surface area contributed by atoms with Gasteiger partial charge in [0.25, 0.3) is 0 Å². The van der Waals surface area contributed by atoms with Crippen molar-refractivity contribution in [2.75, 3.05) is 43.1 Å². The molecule has 2 aromatic heterocycles. The smallest absolute Gasteiger partial charge is 0.228 e. The second kappa shape index (κ2) is 6.13. The maximum Gasteiger partial charge on any atom is 0.228 e. The molecule has 0 amide bonds. The van der Waals surface area contributed by atoms with Gasteiger partial charge < -0.3 is 14.5 Å². The van der Waals surface area contributed by atoms with Gasteiger partial charge in [-0.25, -0.2) is 15.0 Å². The molecule has 0 radical (unpaired) electrons.